The van der Waals surface area contributed by atoms with Gasteiger partial charge in [-0.25, -0.2) is 4.79 Å². The molecule has 1 fully saturated rings. The number of ether oxygens (including phenoxy) is 1. The zero-order valence-electron chi connectivity index (χ0n) is 9.63. The van der Waals surface area contributed by atoms with Crippen molar-refractivity contribution in [2.75, 3.05) is 46.9 Å². The Labute approximate surface area is 109 Å². The minimum atomic E-state index is -0.749. The first kappa shape index (κ1) is 18.3. The molecule has 7 heteroatoms. The molecular weight excluding hydrogens is 255 g/mol. The number of methoxy groups -OCH3 is 1. The van der Waals surface area contributed by atoms with Crippen molar-refractivity contribution in [1.29, 1.82) is 0 Å². The molecule has 1 heterocycles. The van der Waals surface area contributed by atoms with E-state index in [2.05, 4.69) is 7.05 Å². The van der Waals surface area contributed by atoms with Crippen LogP contribution in [0.15, 0.2) is 0 Å². The summed E-state index contributed by atoms with van der Waals surface area (Å²) in [6, 6.07) is -0.395. The molecule has 0 aliphatic carbocycles. The third-order valence-electron chi connectivity index (χ3n) is 2.87. The molecule has 1 rings (SSSR count). The quantitative estimate of drug-likeness (QED) is 0.478. The molecule has 0 amide bonds. The fraction of sp³-hybridized carbons (Fsp3) is 0.889. The van der Waals surface area contributed by atoms with Crippen molar-refractivity contribution in [2.45, 2.75) is 6.04 Å². The topological polar surface area (TPSA) is 55.4 Å². The van der Waals surface area contributed by atoms with Crippen LogP contribution >= 0.6 is 0 Å². The van der Waals surface area contributed by atoms with Crippen LogP contribution in [0.5, 0.6) is 0 Å². The highest BCUT2D eigenvalue weighted by Crippen LogP contribution is 1.80. The highest BCUT2D eigenvalue weighted by molar-refractivity contribution is 5.71. The molecular formula is C9H20Cl2N2O3. The van der Waals surface area contributed by atoms with Crippen LogP contribution in [-0.4, -0.2) is 64.1 Å². The van der Waals surface area contributed by atoms with E-state index in [1.54, 1.807) is 7.11 Å². The lowest BCUT2D eigenvalue weighted by Gasteiger charge is -2.30. The van der Waals surface area contributed by atoms with E-state index in [1.807, 2.05) is 0 Å². The van der Waals surface area contributed by atoms with Crippen molar-refractivity contribution in [3.05, 3.63) is 0 Å². The van der Waals surface area contributed by atoms with Gasteiger partial charge in [-0.1, -0.05) is 0 Å². The number of halogens is 2. The maximum atomic E-state index is 11.0. The predicted molar refractivity (Wildman–Crippen MR) is 50.6 cm³/mol. The first-order chi connectivity index (χ1) is 6.65. The van der Waals surface area contributed by atoms with Crippen molar-refractivity contribution in [1.82, 2.24) is 0 Å². The van der Waals surface area contributed by atoms with Crippen LogP contribution in [0.4, 0.5) is 0 Å². The molecule has 3 N–H and O–H groups in total. The largest absolute Gasteiger partial charge is 1.00 e. The average molecular weight is 275 g/mol. The molecule has 0 aromatic carbocycles. The fourth-order valence-electron chi connectivity index (χ4n) is 1.88. The first-order valence-electron chi connectivity index (χ1n) is 5.02. The molecule has 16 heavy (non-hydrogen) atoms. The molecule has 0 bridgehead atoms. The fourth-order valence-corrected chi connectivity index (χ4v) is 1.88. The maximum absolute atomic E-state index is 11.0. The first-order valence-corrected chi connectivity index (χ1v) is 5.02. The number of carboxylic acids is 1. The Bertz CT molecular complexity index is 199. The van der Waals surface area contributed by atoms with E-state index in [0.717, 1.165) is 31.1 Å². The number of likely N-dealkylation sites (N-methyl/N-ethyl adjacent to an activating group) is 1. The van der Waals surface area contributed by atoms with Crippen LogP contribution in [0.2, 0.25) is 0 Å². The van der Waals surface area contributed by atoms with Gasteiger partial charge in [0.1, 0.15) is 32.8 Å². The Morgan fingerprint density at radius 3 is 2.19 bits per heavy atom. The van der Waals surface area contributed by atoms with Crippen molar-refractivity contribution in [3.63, 3.8) is 0 Å². The summed E-state index contributed by atoms with van der Waals surface area (Å²) in [6.07, 6.45) is 0. The Balaban J connectivity index is 0. The van der Waals surface area contributed by atoms with E-state index < -0.39 is 12.0 Å². The lowest BCUT2D eigenvalue weighted by Crippen LogP contribution is -3.29. The predicted octanol–water partition coefficient (Wildman–Crippen LogP) is -9.49. The number of hydrogen-bond donors (Lipinski definition) is 3. The van der Waals surface area contributed by atoms with Crippen molar-refractivity contribution in [3.8, 4) is 0 Å². The van der Waals surface area contributed by atoms with Crippen LogP contribution in [0.25, 0.3) is 0 Å². The van der Waals surface area contributed by atoms with Crippen LogP contribution in [0.3, 0.4) is 0 Å². The number of carboxylic acid groups (broad SMARTS) is 1. The summed E-state index contributed by atoms with van der Waals surface area (Å²) in [5.74, 6) is -0.749. The molecule has 5 nitrogen and oxygen atoms in total. The van der Waals surface area contributed by atoms with Gasteiger partial charge in [-0.3, -0.25) is 0 Å². The van der Waals surface area contributed by atoms with E-state index in [0.29, 0.717) is 6.61 Å². The maximum Gasteiger partial charge on any atom is 0.364 e. The Hall–Kier alpha value is -0.0700. The van der Waals surface area contributed by atoms with E-state index in [4.69, 9.17) is 9.84 Å². The van der Waals surface area contributed by atoms with Crippen LogP contribution in [0.1, 0.15) is 0 Å². The van der Waals surface area contributed by atoms with Crippen LogP contribution in [-0.2, 0) is 9.53 Å². The number of hydrogen-bond acceptors (Lipinski definition) is 2. The highest BCUT2D eigenvalue weighted by atomic mass is 35.5. The smallest absolute Gasteiger partial charge is 0.364 e. The summed E-state index contributed by atoms with van der Waals surface area (Å²) in [7, 11) is 3.69. The van der Waals surface area contributed by atoms with E-state index in [9.17, 15) is 4.79 Å². The number of nitrogens with one attached hydrogen (secondary N) is 2. The molecule has 1 saturated heterocycles. The number of carbonyl (C=O) groups is 1. The van der Waals surface area contributed by atoms with E-state index in [1.165, 1.54) is 4.90 Å². The van der Waals surface area contributed by atoms with Crippen molar-refractivity contribution in [2.24, 2.45) is 0 Å². The minimum absolute atomic E-state index is 0. The Morgan fingerprint density at radius 1 is 1.31 bits per heavy atom. The summed E-state index contributed by atoms with van der Waals surface area (Å²) >= 11 is 0. The van der Waals surface area contributed by atoms with Gasteiger partial charge in [0.05, 0.1) is 7.05 Å². The molecule has 98 valence electrons. The number of piperazine rings is 1. The second-order valence-electron chi connectivity index (χ2n) is 3.96. The zero-order chi connectivity index (χ0) is 10.6. The van der Waals surface area contributed by atoms with Crippen molar-refractivity contribution >= 4 is 5.97 Å². The summed E-state index contributed by atoms with van der Waals surface area (Å²) in [4.78, 5) is 13.6. The second kappa shape index (κ2) is 9.01. The lowest BCUT2D eigenvalue weighted by molar-refractivity contribution is -1.01. The minimum Gasteiger partial charge on any atom is -1.00 e. The van der Waals surface area contributed by atoms with Gasteiger partial charge in [-0.15, -0.1) is 0 Å². The molecule has 0 unspecified atom stereocenters. The summed E-state index contributed by atoms with van der Waals surface area (Å²) in [5.41, 5.74) is 0. The standard InChI is InChI=1S/C9H18N2O3.2ClH/c1-10-3-5-11(6-4-10)8(7-14-2)9(12)13;;/h8H,3-7H2,1-2H3,(H,12,13);2*1H/t8-;;/m1../s1. The number of quaternary nitrogens is 2. The second-order valence-corrected chi connectivity index (χ2v) is 3.96. The molecule has 1 aliphatic heterocycles. The van der Waals surface area contributed by atoms with E-state index >= 15 is 0 Å². The van der Waals surface area contributed by atoms with Crippen LogP contribution < -0.4 is 34.6 Å². The van der Waals surface area contributed by atoms with Gasteiger partial charge in [0.25, 0.3) is 0 Å². The molecule has 0 saturated carbocycles. The Kier molecular flexibility index (Phi) is 10.3. The summed E-state index contributed by atoms with van der Waals surface area (Å²) in [5, 5.41) is 9.01. The third kappa shape index (κ3) is 5.32. The van der Waals surface area contributed by atoms with Gasteiger partial charge in [0, 0.05) is 7.11 Å². The summed E-state index contributed by atoms with van der Waals surface area (Å²) in [6.45, 7) is 4.24. The zero-order valence-corrected chi connectivity index (χ0v) is 11.1. The average Bonchev–Trinajstić information content (AvgIpc) is 2.15. The Morgan fingerprint density at radius 2 is 1.81 bits per heavy atom. The van der Waals surface area contributed by atoms with Crippen LogP contribution in [0, 0.1) is 0 Å². The molecule has 1 aliphatic rings. The summed E-state index contributed by atoms with van der Waals surface area (Å²) < 4.78 is 4.94. The van der Waals surface area contributed by atoms with Crippen molar-refractivity contribution < 1.29 is 49.3 Å². The monoisotopic (exact) mass is 274 g/mol. The van der Waals surface area contributed by atoms with Gasteiger partial charge < -0.3 is 44.5 Å². The lowest BCUT2D eigenvalue weighted by atomic mass is 10.2. The molecule has 0 aromatic heterocycles. The number of aliphatic carboxylic acids is 1. The van der Waals surface area contributed by atoms with Gasteiger partial charge in [-0.2, -0.15) is 0 Å². The molecule has 0 spiro atoms. The van der Waals surface area contributed by atoms with Gasteiger partial charge in [0.2, 0.25) is 6.04 Å². The third-order valence-corrected chi connectivity index (χ3v) is 2.87. The molecule has 0 radical (unpaired) electrons. The highest BCUT2D eigenvalue weighted by Gasteiger charge is 2.32. The van der Waals surface area contributed by atoms with Gasteiger partial charge in [-0.05, 0) is 0 Å². The SMILES string of the molecule is COC[C@H](C(=O)O)[NH+]1CC[NH+](C)CC1.[Cl-].[Cl-]. The van der Waals surface area contributed by atoms with E-state index in [-0.39, 0.29) is 24.8 Å². The molecule has 1 atom stereocenters. The number of rotatable bonds is 4. The van der Waals surface area contributed by atoms with Gasteiger partial charge in [0.15, 0.2) is 0 Å². The normalized spacial score (nSPS) is 26.1. The molecule has 0 aromatic rings. The van der Waals surface area contributed by atoms with Gasteiger partial charge >= 0.3 is 5.97 Å².